The van der Waals surface area contributed by atoms with Gasteiger partial charge < -0.3 is 4.74 Å². The number of esters is 1. The molecule has 0 bridgehead atoms. The number of rotatable bonds is 4. The Balaban J connectivity index is 1.58. The third-order valence-electron chi connectivity index (χ3n) is 6.56. The number of hydrogen-bond donors (Lipinski definition) is 0. The van der Waals surface area contributed by atoms with Gasteiger partial charge >= 0.3 is 5.97 Å². The summed E-state index contributed by atoms with van der Waals surface area (Å²) >= 11 is 0. The number of carbonyl (C=O) groups is 1. The fraction of sp³-hybridized carbons (Fsp3) is 0.464. The quantitative estimate of drug-likeness (QED) is 0.443. The summed E-state index contributed by atoms with van der Waals surface area (Å²) in [6.07, 6.45) is 12.7. The van der Waals surface area contributed by atoms with Crippen molar-refractivity contribution in [2.24, 2.45) is 0 Å². The van der Waals surface area contributed by atoms with E-state index in [1.54, 1.807) is 12.1 Å². The zero-order valence-electron chi connectivity index (χ0n) is 19.4. The maximum atomic E-state index is 13.3. The number of aromatic nitrogens is 2. The third kappa shape index (κ3) is 6.31. The molecule has 1 fully saturated rings. The standard InChI is InChI=1S/C28H34N2O3/c31-27-25-20-14-13-19-24(25)26(29-30(27)21-22-15-9-8-10-16-22)28(32)33-23-17-11-6-4-2-1-3-5-7-12-18-23/h8-10,13-16,19-20,23H,1-7,11-12,17-18,21H2. The Morgan fingerprint density at radius 3 is 1.97 bits per heavy atom. The van der Waals surface area contributed by atoms with Crippen molar-refractivity contribution in [1.82, 2.24) is 9.78 Å². The predicted octanol–water partition coefficient (Wildman–Crippen LogP) is 6.27. The molecular formula is C28H34N2O3. The first-order valence-electron chi connectivity index (χ1n) is 12.5. The summed E-state index contributed by atoms with van der Waals surface area (Å²) in [6, 6.07) is 16.9. The lowest BCUT2D eigenvalue weighted by molar-refractivity contribution is 0.0241. The highest BCUT2D eigenvalue weighted by atomic mass is 16.5. The molecule has 1 aliphatic carbocycles. The van der Waals surface area contributed by atoms with Crippen LogP contribution >= 0.6 is 0 Å². The first kappa shape index (κ1) is 23.2. The van der Waals surface area contributed by atoms with Crippen LogP contribution in [0, 0.1) is 0 Å². The van der Waals surface area contributed by atoms with Gasteiger partial charge in [-0.05, 0) is 37.3 Å². The second kappa shape index (κ2) is 11.8. The molecule has 0 spiro atoms. The van der Waals surface area contributed by atoms with Crippen LogP contribution in [0.1, 0.15) is 86.7 Å². The van der Waals surface area contributed by atoms with Crippen molar-refractivity contribution in [1.29, 1.82) is 0 Å². The molecule has 4 rings (SSSR count). The zero-order chi connectivity index (χ0) is 22.9. The molecule has 0 N–H and O–H groups in total. The van der Waals surface area contributed by atoms with Gasteiger partial charge in [0.15, 0.2) is 5.69 Å². The van der Waals surface area contributed by atoms with Gasteiger partial charge in [0, 0.05) is 5.39 Å². The molecule has 1 aliphatic rings. The van der Waals surface area contributed by atoms with E-state index in [9.17, 15) is 9.59 Å². The largest absolute Gasteiger partial charge is 0.458 e. The lowest BCUT2D eigenvalue weighted by atomic mass is 9.99. The van der Waals surface area contributed by atoms with E-state index >= 15 is 0 Å². The third-order valence-corrected chi connectivity index (χ3v) is 6.56. The summed E-state index contributed by atoms with van der Waals surface area (Å²) in [5.74, 6) is -0.426. The SMILES string of the molecule is O=C(OC1CCCCCCCCCCC1)c1nn(Cc2ccccc2)c(=O)c2ccccc12. The molecule has 0 aliphatic heterocycles. The minimum Gasteiger partial charge on any atom is -0.458 e. The molecule has 1 aromatic heterocycles. The maximum Gasteiger partial charge on any atom is 0.359 e. The van der Waals surface area contributed by atoms with Crippen molar-refractivity contribution in [3.63, 3.8) is 0 Å². The van der Waals surface area contributed by atoms with Gasteiger partial charge in [-0.25, -0.2) is 9.48 Å². The maximum absolute atomic E-state index is 13.3. The van der Waals surface area contributed by atoms with Crippen molar-refractivity contribution in [2.75, 3.05) is 0 Å². The minimum absolute atomic E-state index is 0.0907. The summed E-state index contributed by atoms with van der Waals surface area (Å²) in [5, 5.41) is 5.55. The van der Waals surface area contributed by atoms with E-state index in [1.807, 2.05) is 42.5 Å². The lowest BCUT2D eigenvalue weighted by Gasteiger charge is -2.19. The number of nitrogens with zero attached hydrogens (tertiary/aromatic N) is 2. The Labute approximate surface area is 195 Å². The smallest absolute Gasteiger partial charge is 0.359 e. The number of carbonyl (C=O) groups excluding carboxylic acids is 1. The Hall–Kier alpha value is -2.95. The second-order valence-corrected chi connectivity index (χ2v) is 9.13. The molecule has 33 heavy (non-hydrogen) atoms. The summed E-state index contributed by atoms with van der Waals surface area (Å²) in [4.78, 5) is 26.4. The molecule has 174 valence electrons. The summed E-state index contributed by atoms with van der Waals surface area (Å²) in [7, 11) is 0. The van der Waals surface area contributed by atoms with Gasteiger partial charge in [0.05, 0.1) is 11.9 Å². The van der Waals surface area contributed by atoms with Crippen LogP contribution in [0.5, 0.6) is 0 Å². The van der Waals surface area contributed by atoms with Gasteiger partial charge in [0.1, 0.15) is 6.10 Å². The zero-order valence-corrected chi connectivity index (χ0v) is 19.4. The van der Waals surface area contributed by atoms with Gasteiger partial charge in [0.25, 0.3) is 5.56 Å². The van der Waals surface area contributed by atoms with E-state index in [0.29, 0.717) is 17.3 Å². The number of benzene rings is 2. The molecule has 2 aromatic carbocycles. The van der Waals surface area contributed by atoms with Gasteiger partial charge in [-0.15, -0.1) is 0 Å². The highest BCUT2D eigenvalue weighted by Crippen LogP contribution is 2.21. The molecule has 0 amide bonds. The van der Waals surface area contributed by atoms with Crippen LogP contribution in [-0.4, -0.2) is 21.9 Å². The first-order chi connectivity index (χ1) is 16.2. The van der Waals surface area contributed by atoms with Crippen molar-refractivity contribution in [2.45, 2.75) is 83.3 Å². The molecule has 1 heterocycles. The van der Waals surface area contributed by atoms with Crippen molar-refractivity contribution >= 4 is 16.7 Å². The van der Waals surface area contributed by atoms with Crippen LogP contribution in [0.2, 0.25) is 0 Å². The van der Waals surface area contributed by atoms with E-state index in [0.717, 1.165) is 31.2 Å². The van der Waals surface area contributed by atoms with Crippen LogP contribution in [0.4, 0.5) is 0 Å². The van der Waals surface area contributed by atoms with Gasteiger partial charge in [0.2, 0.25) is 0 Å². The van der Waals surface area contributed by atoms with Crippen LogP contribution in [0.15, 0.2) is 59.4 Å². The van der Waals surface area contributed by atoms with Gasteiger partial charge in [-0.3, -0.25) is 4.79 Å². The number of hydrogen-bond acceptors (Lipinski definition) is 4. The van der Waals surface area contributed by atoms with Gasteiger partial charge in [-0.1, -0.05) is 93.5 Å². The van der Waals surface area contributed by atoms with E-state index < -0.39 is 5.97 Å². The van der Waals surface area contributed by atoms with Gasteiger partial charge in [-0.2, -0.15) is 5.10 Å². The summed E-state index contributed by atoms with van der Waals surface area (Å²) in [6.45, 7) is 0.314. The van der Waals surface area contributed by atoms with Crippen LogP contribution < -0.4 is 5.56 Å². The minimum atomic E-state index is -0.426. The highest BCUT2D eigenvalue weighted by molar-refractivity contribution is 6.02. The average Bonchev–Trinajstić information content (AvgIpc) is 2.83. The second-order valence-electron chi connectivity index (χ2n) is 9.13. The highest BCUT2D eigenvalue weighted by Gasteiger charge is 2.22. The molecule has 5 nitrogen and oxygen atoms in total. The normalized spacial score (nSPS) is 16.6. The monoisotopic (exact) mass is 446 g/mol. The fourth-order valence-corrected chi connectivity index (χ4v) is 4.70. The molecule has 0 atom stereocenters. The molecule has 0 radical (unpaired) electrons. The Bertz CT molecular complexity index is 1100. The molecule has 0 saturated heterocycles. The summed E-state index contributed by atoms with van der Waals surface area (Å²) in [5.41, 5.74) is 0.991. The van der Waals surface area contributed by atoms with Crippen molar-refractivity contribution in [3.8, 4) is 0 Å². The Morgan fingerprint density at radius 2 is 1.33 bits per heavy atom. The van der Waals surface area contributed by atoms with E-state index in [-0.39, 0.29) is 17.4 Å². The number of fused-ring (bicyclic) bond motifs is 1. The predicted molar refractivity (Wildman–Crippen MR) is 132 cm³/mol. The Morgan fingerprint density at radius 1 is 0.788 bits per heavy atom. The summed E-state index contributed by atoms with van der Waals surface area (Å²) < 4.78 is 7.40. The van der Waals surface area contributed by atoms with E-state index in [1.165, 1.54) is 49.6 Å². The fourth-order valence-electron chi connectivity index (χ4n) is 4.70. The van der Waals surface area contributed by atoms with Crippen LogP contribution in [-0.2, 0) is 11.3 Å². The molecule has 3 aromatic rings. The van der Waals surface area contributed by atoms with Crippen molar-refractivity contribution < 1.29 is 9.53 Å². The molecular weight excluding hydrogens is 412 g/mol. The first-order valence-corrected chi connectivity index (χ1v) is 12.5. The molecule has 0 unspecified atom stereocenters. The molecule has 1 saturated carbocycles. The van der Waals surface area contributed by atoms with Crippen LogP contribution in [0.3, 0.4) is 0 Å². The average molecular weight is 447 g/mol. The number of ether oxygens (including phenoxy) is 1. The Kier molecular flexibility index (Phi) is 8.29. The van der Waals surface area contributed by atoms with E-state index in [4.69, 9.17) is 4.74 Å². The van der Waals surface area contributed by atoms with Crippen molar-refractivity contribution in [3.05, 3.63) is 76.2 Å². The molecule has 5 heteroatoms. The van der Waals surface area contributed by atoms with Crippen LogP contribution in [0.25, 0.3) is 10.8 Å². The van der Waals surface area contributed by atoms with E-state index in [2.05, 4.69) is 5.10 Å². The lowest BCUT2D eigenvalue weighted by Crippen LogP contribution is -2.28. The topological polar surface area (TPSA) is 61.2 Å².